The number of hydrogen-bond donors (Lipinski definition) is 0. The molecule has 1 aromatic heterocycles. The number of nitrogens with zero attached hydrogens (tertiary/aromatic N) is 2. The number of pyridine rings is 1. The summed E-state index contributed by atoms with van der Waals surface area (Å²) in [6.45, 7) is 0.920. The molecule has 2 heterocycles. The van der Waals surface area contributed by atoms with E-state index in [4.69, 9.17) is 0 Å². The van der Waals surface area contributed by atoms with Crippen molar-refractivity contribution >= 4 is 5.91 Å². The summed E-state index contributed by atoms with van der Waals surface area (Å²) in [6, 6.07) is 15.5. The second kappa shape index (κ2) is 7.27. The van der Waals surface area contributed by atoms with Crippen LogP contribution in [-0.4, -0.2) is 28.0 Å². The number of likely N-dealkylation sites (tertiary alicyclic amines) is 1. The molecular formula is C19H22N2O2. The van der Waals surface area contributed by atoms with Crippen LogP contribution in [0.15, 0.2) is 59.5 Å². The van der Waals surface area contributed by atoms with Crippen LogP contribution in [0.1, 0.15) is 24.8 Å². The zero-order valence-corrected chi connectivity index (χ0v) is 13.2. The van der Waals surface area contributed by atoms with Gasteiger partial charge in [-0.25, -0.2) is 0 Å². The first-order valence-corrected chi connectivity index (χ1v) is 8.23. The number of carbonyl (C=O) groups excluding carboxylic acids is 1. The highest BCUT2D eigenvalue weighted by atomic mass is 16.2. The van der Waals surface area contributed by atoms with Crippen molar-refractivity contribution in [2.75, 3.05) is 6.54 Å². The van der Waals surface area contributed by atoms with E-state index in [0.717, 1.165) is 32.2 Å². The minimum absolute atomic E-state index is 0.0407. The fourth-order valence-corrected chi connectivity index (χ4v) is 3.26. The largest absolute Gasteiger partial charge is 0.338 e. The average molecular weight is 310 g/mol. The summed E-state index contributed by atoms with van der Waals surface area (Å²) >= 11 is 0. The Morgan fingerprint density at radius 1 is 1.04 bits per heavy atom. The quantitative estimate of drug-likeness (QED) is 0.870. The molecule has 0 saturated carbocycles. The van der Waals surface area contributed by atoms with Crippen molar-refractivity contribution in [1.29, 1.82) is 0 Å². The summed E-state index contributed by atoms with van der Waals surface area (Å²) in [4.78, 5) is 26.5. The smallest absolute Gasteiger partial charge is 0.250 e. The first kappa shape index (κ1) is 15.5. The van der Waals surface area contributed by atoms with Crippen LogP contribution in [0.2, 0.25) is 0 Å². The van der Waals surface area contributed by atoms with Crippen molar-refractivity contribution in [3.05, 3.63) is 70.6 Å². The summed E-state index contributed by atoms with van der Waals surface area (Å²) in [5, 5.41) is 0. The number of rotatable bonds is 4. The molecule has 0 spiro atoms. The van der Waals surface area contributed by atoms with E-state index in [0.29, 0.717) is 0 Å². The molecule has 0 bridgehead atoms. The first-order chi connectivity index (χ1) is 11.2. The molecule has 23 heavy (non-hydrogen) atoms. The van der Waals surface area contributed by atoms with Gasteiger partial charge in [-0.1, -0.05) is 36.4 Å². The maximum atomic E-state index is 12.7. The van der Waals surface area contributed by atoms with E-state index >= 15 is 0 Å². The molecular weight excluding hydrogens is 288 g/mol. The van der Waals surface area contributed by atoms with Gasteiger partial charge in [0.25, 0.3) is 5.56 Å². The SMILES string of the molecule is O=C(Cn1ccccc1=O)N1CCCC[C@H]1Cc1ccccc1. The van der Waals surface area contributed by atoms with Gasteiger partial charge in [-0.05, 0) is 37.3 Å². The standard InChI is InChI=1S/C19H22N2O2/c22-18-11-5-6-12-20(18)15-19(23)21-13-7-4-10-17(21)14-16-8-2-1-3-9-16/h1-3,5-6,8-9,11-12,17H,4,7,10,13-15H2/t17-/m0/s1. The van der Waals surface area contributed by atoms with Crippen molar-refractivity contribution < 1.29 is 4.79 Å². The van der Waals surface area contributed by atoms with E-state index in [1.165, 1.54) is 16.2 Å². The van der Waals surface area contributed by atoms with E-state index in [1.54, 1.807) is 18.3 Å². The number of benzene rings is 1. The van der Waals surface area contributed by atoms with Gasteiger partial charge in [-0.15, -0.1) is 0 Å². The van der Waals surface area contributed by atoms with Gasteiger partial charge in [0.1, 0.15) is 6.54 Å². The summed E-state index contributed by atoms with van der Waals surface area (Å²) in [5.41, 5.74) is 1.13. The molecule has 1 atom stereocenters. The lowest BCUT2D eigenvalue weighted by Crippen LogP contribution is -2.46. The number of carbonyl (C=O) groups is 1. The number of aromatic nitrogens is 1. The third kappa shape index (κ3) is 3.89. The molecule has 4 nitrogen and oxygen atoms in total. The van der Waals surface area contributed by atoms with Gasteiger partial charge in [0.2, 0.25) is 5.91 Å². The third-order valence-electron chi connectivity index (χ3n) is 4.47. The Balaban J connectivity index is 1.72. The molecule has 1 aliphatic heterocycles. The van der Waals surface area contributed by atoms with Crippen LogP contribution in [0.5, 0.6) is 0 Å². The van der Waals surface area contributed by atoms with Crippen LogP contribution < -0.4 is 5.56 Å². The molecule has 1 saturated heterocycles. The van der Waals surface area contributed by atoms with Crippen molar-refractivity contribution in [2.45, 2.75) is 38.3 Å². The number of amides is 1. The molecule has 1 fully saturated rings. The average Bonchev–Trinajstić information content (AvgIpc) is 2.58. The normalized spacial score (nSPS) is 17.9. The van der Waals surface area contributed by atoms with Crippen LogP contribution in [0.25, 0.3) is 0 Å². The first-order valence-electron chi connectivity index (χ1n) is 8.23. The number of piperidine rings is 1. The lowest BCUT2D eigenvalue weighted by atomic mass is 9.95. The van der Waals surface area contributed by atoms with Crippen LogP contribution in [0.3, 0.4) is 0 Å². The molecule has 0 N–H and O–H groups in total. The minimum Gasteiger partial charge on any atom is -0.338 e. The molecule has 1 amide bonds. The third-order valence-corrected chi connectivity index (χ3v) is 4.47. The highest BCUT2D eigenvalue weighted by Crippen LogP contribution is 2.21. The van der Waals surface area contributed by atoms with Crippen LogP contribution in [0, 0.1) is 0 Å². The lowest BCUT2D eigenvalue weighted by Gasteiger charge is -2.36. The van der Waals surface area contributed by atoms with E-state index in [-0.39, 0.29) is 24.1 Å². The van der Waals surface area contributed by atoms with Gasteiger partial charge in [0.05, 0.1) is 0 Å². The maximum Gasteiger partial charge on any atom is 0.250 e. The van der Waals surface area contributed by atoms with E-state index in [2.05, 4.69) is 12.1 Å². The Morgan fingerprint density at radius 3 is 2.61 bits per heavy atom. The van der Waals surface area contributed by atoms with Crippen molar-refractivity contribution in [2.24, 2.45) is 0 Å². The highest BCUT2D eigenvalue weighted by molar-refractivity contribution is 5.76. The fraction of sp³-hybridized carbons (Fsp3) is 0.368. The zero-order valence-electron chi connectivity index (χ0n) is 13.2. The van der Waals surface area contributed by atoms with Gasteiger partial charge in [0, 0.05) is 24.8 Å². The van der Waals surface area contributed by atoms with Gasteiger partial charge >= 0.3 is 0 Å². The van der Waals surface area contributed by atoms with Crippen molar-refractivity contribution in [3.63, 3.8) is 0 Å². The topological polar surface area (TPSA) is 42.3 Å². The molecule has 4 heteroatoms. The van der Waals surface area contributed by atoms with E-state index < -0.39 is 0 Å². The predicted octanol–water partition coefficient (Wildman–Crippen LogP) is 2.47. The predicted molar refractivity (Wildman–Crippen MR) is 90.2 cm³/mol. The Labute approximate surface area is 136 Å². The summed E-state index contributed by atoms with van der Waals surface area (Å²) in [6.07, 6.45) is 5.80. The van der Waals surface area contributed by atoms with Crippen LogP contribution in [0.4, 0.5) is 0 Å². The molecule has 0 radical (unpaired) electrons. The second-order valence-corrected chi connectivity index (χ2v) is 6.09. The Kier molecular flexibility index (Phi) is 4.91. The van der Waals surface area contributed by atoms with Crippen LogP contribution in [-0.2, 0) is 17.8 Å². The van der Waals surface area contributed by atoms with Gasteiger partial charge in [-0.2, -0.15) is 0 Å². The molecule has 0 aliphatic carbocycles. The van der Waals surface area contributed by atoms with E-state index in [9.17, 15) is 9.59 Å². The Bertz CT molecular complexity index is 709. The fourth-order valence-electron chi connectivity index (χ4n) is 3.26. The summed E-state index contributed by atoms with van der Waals surface area (Å²) in [7, 11) is 0. The van der Waals surface area contributed by atoms with Gasteiger partial charge in [-0.3, -0.25) is 9.59 Å². The van der Waals surface area contributed by atoms with Crippen molar-refractivity contribution in [1.82, 2.24) is 9.47 Å². The Morgan fingerprint density at radius 2 is 1.83 bits per heavy atom. The second-order valence-electron chi connectivity index (χ2n) is 6.09. The van der Waals surface area contributed by atoms with Gasteiger partial charge in [0.15, 0.2) is 0 Å². The molecule has 3 rings (SSSR count). The monoisotopic (exact) mass is 310 g/mol. The van der Waals surface area contributed by atoms with Crippen LogP contribution >= 0.6 is 0 Å². The molecule has 1 aromatic carbocycles. The zero-order chi connectivity index (χ0) is 16.1. The van der Waals surface area contributed by atoms with E-state index in [1.807, 2.05) is 23.1 Å². The highest BCUT2D eigenvalue weighted by Gasteiger charge is 2.26. The lowest BCUT2D eigenvalue weighted by molar-refractivity contribution is -0.135. The molecule has 120 valence electrons. The molecule has 0 unspecified atom stereocenters. The Hall–Kier alpha value is -2.36. The summed E-state index contributed by atoms with van der Waals surface area (Å²) < 4.78 is 1.48. The maximum absolute atomic E-state index is 12.7. The molecule has 2 aromatic rings. The summed E-state index contributed by atoms with van der Waals surface area (Å²) in [5.74, 6) is 0.0407. The van der Waals surface area contributed by atoms with Crippen molar-refractivity contribution in [3.8, 4) is 0 Å². The number of hydrogen-bond acceptors (Lipinski definition) is 2. The minimum atomic E-state index is -0.127. The van der Waals surface area contributed by atoms with Gasteiger partial charge < -0.3 is 9.47 Å². The molecule has 1 aliphatic rings.